The zero-order chi connectivity index (χ0) is 17.5. The maximum absolute atomic E-state index is 12.6. The zero-order valence-electron chi connectivity index (χ0n) is 13.7. The molecule has 0 aliphatic heterocycles. The predicted octanol–water partition coefficient (Wildman–Crippen LogP) is 1.73. The van der Waals surface area contributed by atoms with Crippen LogP contribution in [0.15, 0.2) is 62.5 Å². The number of hydrogen-bond acceptors (Lipinski definition) is 5. The third kappa shape index (κ3) is 3.98. The van der Waals surface area contributed by atoms with E-state index in [1.807, 2.05) is 30.3 Å². The molecule has 7 heteroatoms. The summed E-state index contributed by atoms with van der Waals surface area (Å²) in [5, 5.41) is 0.465. The van der Waals surface area contributed by atoms with Crippen molar-refractivity contribution in [2.24, 2.45) is 0 Å². The van der Waals surface area contributed by atoms with Crippen LogP contribution in [0.25, 0.3) is 0 Å². The fraction of sp³-hybridized carbons (Fsp3) is 0.294. The molecule has 6 nitrogen and oxygen atoms in total. The normalized spacial score (nSPS) is 10.6. The molecule has 0 spiro atoms. The number of ether oxygens (including phenoxy) is 1. The first-order valence-electron chi connectivity index (χ1n) is 7.42. The molecule has 1 heterocycles. The largest absolute Gasteiger partial charge is 0.406 e. The highest BCUT2D eigenvalue weighted by molar-refractivity contribution is 7.99. The lowest BCUT2D eigenvalue weighted by Crippen LogP contribution is -2.44. The summed E-state index contributed by atoms with van der Waals surface area (Å²) in [5.74, 6) is 0. The summed E-state index contributed by atoms with van der Waals surface area (Å²) in [6, 6.07) is 9.50. The van der Waals surface area contributed by atoms with Gasteiger partial charge in [-0.2, -0.15) is 0 Å². The van der Waals surface area contributed by atoms with Gasteiger partial charge in [-0.1, -0.05) is 36.0 Å². The molecule has 0 fully saturated rings. The third-order valence-electron chi connectivity index (χ3n) is 3.25. The Morgan fingerprint density at radius 2 is 1.92 bits per heavy atom. The Morgan fingerprint density at radius 1 is 1.21 bits per heavy atom. The Balaban J connectivity index is 2.55. The van der Waals surface area contributed by atoms with Gasteiger partial charge in [0.15, 0.2) is 0 Å². The second-order valence-corrected chi connectivity index (χ2v) is 6.01. The zero-order valence-corrected chi connectivity index (χ0v) is 14.5. The van der Waals surface area contributed by atoms with Gasteiger partial charge in [0.1, 0.15) is 11.6 Å². The van der Waals surface area contributed by atoms with E-state index in [-0.39, 0.29) is 18.7 Å². The highest BCUT2D eigenvalue weighted by Gasteiger charge is 2.18. The minimum atomic E-state index is -0.528. The van der Waals surface area contributed by atoms with Gasteiger partial charge in [0.05, 0.1) is 6.61 Å². The molecule has 0 amide bonds. The number of nitrogens with zero attached hydrogens (tertiary/aromatic N) is 2. The van der Waals surface area contributed by atoms with Gasteiger partial charge in [0.2, 0.25) is 0 Å². The molecule has 2 aromatic rings. The molecule has 0 radical (unpaired) electrons. The van der Waals surface area contributed by atoms with Crippen molar-refractivity contribution in [2.75, 3.05) is 20.3 Å². The van der Waals surface area contributed by atoms with Crippen molar-refractivity contribution in [3.05, 3.63) is 69.4 Å². The minimum absolute atomic E-state index is 0.127. The molecule has 0 N–H and O–H groups in total. The summed E-state index contributed by atoms with van der Waals surface area (Å²) < 4.78 is 7.23. The first-order chi connectivity index (χ1) is 11.6. The summed E-state index contributed by atoms with van der Waals surface area (Å²) in [6.07, 6.45) is 1.51. The SMILES string of the molecule is C=CCn1c(=O)c(C)c(Sc2ccccc2)n(OCCOC)c1=O. The Bertz CT molecular complexity index is 812. The van der Waals surface area contributed by atoms with Crippen LogP contribution in [-0.2, 0) is 11.3 Å². The lowest BCUT2D eigenvalue weighted by molar-refractivity contribution is 0.0353. The second-order valence-electron chi connectivity index (χ2n) is 4.95. The Labute approximate surface area is 144 Å². The van der Waals surface area contributed by atoms with E-state index in [9.17, 15) is 9.59 Å². The van der Waals surface area contributed by atoms with E-state index < -0.39 is 5.69 Å². The predicted molar refractivity (Wildman–Crippen MR) is 93.8 cm³/mol. The van der Waals surface area contributed by atoms with Crippen LogP contribution in [0.4, 0.5) is 0 Å². The van der Waals surface area contributed by atoms with E-state index in [1.54, 1.807) is 14.0 Å². The van der Waals surface area contributed by atoms with Crippen LogP contribution in [0.1, 0.15) is 5.56 Å². The molecule has 0 saturated heterocycles. The molecule has 0 atom stereocenters. The van der Waals surface area contributed by atoms with Gasteiger partial charge in [-0.15, -0.1) is 11.3 Å². The molecule has 1 aromatic carbocycles. The van der Waals surface area contributed by atoms with Gasteiger partial charge in [-0.25, -0.2) is 4.79 Å². The smallest absolute Gasteiger partial charge is 0.365 e. The van der Waals surface area contributed by atoms with Crippen molar-refractivity contribution < 1.29 is 9.57 Å². The average molecular weight is 348 g/mol. The molecule has 128 valence electrons. The standard InChI is InChI=1S/C17H20N2O4S/c1-4-10-18-15(20)13(2)16(24-14-8-6-5-7-9-14)19(17(18)21)23-12-11-22-3/h4-9H,1,10-12H2,2-3H3. The van der Waals surface area contributed by atoms with Crippen LogP contribution in [0.5, 0.6) is 0 Å². The molecular weight excluding hydrogens is 328 g/mol. The van der Waals surface area contributed by atoms with Gasteiger partial charge < -0.3 is 9.57 Å². The van der Waals surface area contributed by atoms with Gasteiger partial charge in [-0.3, -0.25) is 9.36 Å². The molecule has 0 aliphatic carbocycles. The van der Waals surface area contributed by atoms with Crippen LogP contribution >= 0.6 is 11.8 Å². The number of rotatable bonds is 8. The number of benzene rings is 1. The Morgan fingerprint density at radius 3 is 2.54 bits per heavy atom. The van der Waals surface area contributed by atoms with Crippen molar-refractivity contribution in [1.82, 2.24) is 9.30 Å². The molecule has 2 rings (SSSR count). The van der Waals surface area contributed by atoms with Crippen LogP contribution in [0.3, 0.4) is 0 Å². The van der Waals surface area contributed by atoms with E-state index >= 15 is 0 Å². The summed E-state index contributed by atoms with van der Waals surface area (Å²) in [5.41, 5.74) is -0.423. The first-order valence-corrected chi connectivity index (χ1v) is 8.24. The van der Waals surface area contributed by atoms with Gasteiger partial charge in [0, 0.05) is 24.1 Å². The summed E-state index contributed by atoms with van der Waals surface area (Å²) in [7, 11) is 1.55. The molecule has 0 bridgehead atoms. The molecule has 0 unspecified atom stereocenters. The van der Waals surface area contributed by atoms with Crippen LogP contribution in [0, 0.1) is 6.92 Å². The van der Waals surface area contributed by atoms with Gasteiger partial charge in [-0.05, 0) is 19.1 Å². The molecule has 1 aromatic heterocycles. The lowest BCUT2D eigenvalue weighted by Gasteiger charge is -2.17. The lowest BCUT2D eigenvalue weighted by atomic mass is 10.4. The van der Waals surface area contributed by atoms with E-state index in [2.05, 4.69) is 6.58 Å². The van der Waals surface area contributed by atoms with Crippen molar-refractivity contribution in [1.29, 1.82) is 0 Å². The minimum Gasteiger partial charge on any atom is -0.406 e. The van der Waals surface area contributed by atoms with E-state index in [0.29, 0.717) is 17.2 Å². The molecule has 0 aliphatic rings. The highest BCUT2D eigenvalue weighted by Crippen LogP contribution is 2.27. The van der Waals surface area contributed by atoms with Gasteiger partial charge >= 0.3 is 5.69 Å². The molecular formula is C17H20N2O4S. The summed E-state index contributed by atoms with van der Waals surface area (Å²) in [4.78, 5) is 31.6. The Hall–Kier alpha value is -2.25. The maximum Gasteiger partial charge on any atom is 0.365 e. The summed E-state index contributed by atoms with van der Waals surface area (Å²) in [6.45, 7) is 5.93. The fourth-order valence-electron chi connectivity index (χ4n) is 2.06. The van der Waals surface area contributed by atoms with Crippen LogP contribution < -0.4 is 16.1 Å². The maximum atomic E-state index is 12.6. The van der Waals surface area contributed by atoms with E-state index in [1.165, 1.54) is 17.8 Å². The van der Waals surface area contributed by atoms with Crippen molar-refractivity contribution in [3.63, 3.8) is 0 Å². The van der Waals surface area contributed by atoms with Crippen molar-refractivity contribution in [2.45, 2.75) is 23.4 Å². The molecule has 24 heavy (non-hydrogen) atoms. The number of methoxy groups -OCH3 is 1. The quantitative estimate of drug-likeness (QED) is 0.413. The fourth-order valence-corrected chi connectivity index (χ4v) is 3.03. The highest BCUT2D eigenvalue weighted by atomic mass is 32.2. The third-order valence-corrected chi connectivity index (χ3v) is 4.43. The van der Waals surface area contributed by atoms with E-state index in [0.717, 1.165) is 14.2 Å². The number of hydrogen-bond donors (Lipinski definition) is 0. The van der Waals surface area contributed by atoms with Crippen molar-refractivity contribution >= 4 is 11.8 Å². The monoisotopic (exact) mass is 348 g/mol. The van der Waals surface area contributed by atoms with Crippen LogP contribution in [-0.4, -0.2) is 29.6 Å². The summed E-state index contributed by atoms with van der Waals surface area (Å²) >= 11 is 1.31. The van der Waals surface area contributed by atoms with E-state index in [4.69, 9.17) is 9.57 Å². The molecule has 0 saturated carbocycles. The van der Waals surface area contributed by atoms with Gasteiger partial charge in [0.25, 0.3) is 5.56 Å². The topological polar surface area (TPSA) is 62.5 Å². The Kier molecular flexibility index (Phi) is 6.45. The van der Waals surface area contributed by atoms with Crippen LogP contribution in [0.2, 0.25) is 0 Å². The first kappa shape index (κ1) is 18.1. The average Bonchev–Trinajstić information content (AvgIpc) is 2.60. The second kappa shape index (κ2) is 8.56. The number of aromatic nitrogens is 2. The number of allylic oxidation sites excluding steroid dienone is 1. The van der Waals surface area contributed by atoms with Crippen molar-refractivity contribution in [3.8, 4) is 0 Å².